The number of hydrogen-bond acceptors (Lipinski definition) is 5. The van der Waals surface area contributed by atoms with Crippen molar-refractivity contribution in [1.82, 2.24) is 14.7 Å². The third kappa shape index (κ3) is 4.04. The Morgan fingerprint density at radius 3 is 2.77 bits per heavy atom. The molecule has 1 aromatic heterocycles. The van der Waals surface area contributed by atoms with Crippen LogP contribution in [-0.2, 0) is 14.3 Å². The highest BCUT2D eigenvalue weighted by molar-refractivity contribution is 6.42. The maximum atomic E-state index is 13.9. The minimum atomic E-state index is -0.588. The van der Waals surface area contributed by atoms with Crippen molar-refractivity contribution in [2.75, 3.05) is 18.5 Å². The van der Waals surface area contributed by atoms with Crippen LogP contribution in [-0.4, -0.2) is 45.8 Å². The first-order valence-electron chi connectivity index (χ1n) is 10.4. The largest absolute Gasteiger partial charge is 0.464 e. The molecule has 2 aromatic rings. The van der Waals surface area contributed by atoms with Gasteiger partial charge in [-0.05, 0) is 50.8 Å². The molecule has 2 aliphatic heterocycles. The standard InChI is InChI=1S/C22H24Cl2N4O3/c1-3-31-22(30)17-6-4-5-11-27(17)21(29)19-13(2)26-18-9-10-25-28(18)20(19)14-7-8-15(23)16(24)12-14/h7-10,12,17,20,26H,3-6,11H2,1-2H3. The number of esters is 1. The van der Waals surface area contributed by atoms with Gasteiger partial charge in [0.05, 0.1) is 28.4 Å². The summed E-state index contributed by atoms with van der Waals surface area (Å²) in [6.07, 6.45) is 3.99. The van der Waals surface area contributed by atoms with Gasteiger partial charge in [-0.2, -0.15) is 5.10 Å². The van der Waals surface area contributed by atoms with Crippen LogP contribution in [0.3, 0.4) is 0 Å². The van der Waals surface area contributed by atoms with Crippen LogP contribution in [0.25, 0.3) is 0 Å². The summed E-state index contributed by atoms with van der Waals surface area (Å²) in [5, 5.41) is 8.54. The average molecular weight is 463 g/mol. The summed E-state index contributed by atoms with van der Waals surface area (Å²) < 4.78 is 7.00. The molecule has 1 saturated heterocycles. The highest BCUT2D eigenvalue weighted by Gasteiger charge is 2.40. The fourth-order valence-electron chi connectivity index (χ4n) is 4.29. The lowest BCUT2D eigenvalue weighted by atomic mass is 9.92. The van der Waals surface area contributed by atoms with Crippen molar-refractivity contribution in [3.63, 3.8) is 0 Å². The van der Waals surface area contributed by atoms with Gasteiger partial charge in [-0.1, -0.05) is 29.3 Å². The van der Waals surface area contributed by atoms with E-state index in [9.17, 15) is 9.59 Å². The van der Waals surface area contributed by atoms with E-state index in [1.807, 2.05) is 19.1 Å². The van der Waals surface area contributed by atoms with Crippen LogP contribution in [0, 0.1) is 0 Å². The average Bonchev–Trinajstić information content (AvgIpc) is 3.22. The second kappa shape index (κ2) is 8.93. The summed E-state index contributed by atoms with van der Waals surface area (Å²) >= 11 is 12.4. The number of benzene rings is 1. The number of carbonyl (C=O) groups is 2. The van der Waals surface area contributed by atoms with Crippen LogP contribution in [0.4, 0.5) is 5.82 Å². The summed E-state index contributed by atoms with van der Waals surface area (Å²) in [5.74, 6) is 0.203. The minimum Gasteiger partial charge on any atom is -0.464 e. The molecule has 4 rings (SSSR count). The lowest BCUT2D eigenvalue weighted by Gasteiger charge is -2.38. The summed E-state index contributed by atoms with van der Waals surface area (Å²) in [7, 11) is 0. The summed E-state index contributed by atoms with van der Waals surface area (Å²) in [6, 6.07) is 6.07. The van der Waals surface area contributed by atoms with Gasteiger partial charge < -0.3 is 15.0 Å². The Morgan fingerprint density at radius 1 is 1.23 bits per heavy atom. The number of amides is 1. The molecule has 31 heavy (non-hydrogen) atoms. The Labute approximate surface area is 190 Å². The molecular weight excluding hydrogens is 439 g/mol. The second-order valence-corrected chi connectivity index (χ2v) is 8.48. The maximum absolute atomic E-state index is 13.9. The summed E-state index contributed by atoms with van der Waals surface area (Å²) in [4.78, 5) is 28.1. The number of rotatable bonds is 4. The van der Waals surface area contributed by atoms with Crippen molar-refractivity contribution in [3.05, 3.63) is 57.3 Å². The third-order valence-electron chi connectivity index (χ3n) is 5.72. The van der Waals surface area contributed by atoms with E-state index in [0.717, 1.165) is 24.2 Å². The van der Waals surface area contributed by atoms with Gasteiger partial charge in [0.1, 0.15) is 17.9 Å². The maximum Gasteiger partial charge on any atom is 0.328 e. The van der Waals surface area contributed by atoms with E-state index < -0.39 is 12.1 Å². The zero-order valence-corrected chi connectivity index (χ0v) is 18.9. The van der Waals surface area contributed by atoms with E-state index in [4.69, 9.17) is 27.9 Å². The van der Waals surface area contributed by atoms with E-state index in [0.29, 0.717) is 34.3 Å². The first-order valence-corrected chi connectivity index (χ1v) is 11.1. The highest BCUT2D eigenvalue weighted by atomic mass is 35.5. The minimum absolute atomic E-state index is 0.208. The molecule has 164 valence electrons. The molecule has 0 saturated carbocycles. The number of halogens is 2. The molecular formula is C22H24Cl2N4O3. The van der Waals surface area contributed by atoms with Crippen molar-refractivity contribution in [2.45, 2.75) is 45.2 Å². The molecule has 1 N–H and O–H groups in total. The zero-order valence-electron chi connectivity index (χ0n) is 17.4. The molecule has 1 fully saturated rings. The molecule has 0 aliphatic carbocycles. The number of fused-ring (bicyclic) bond motifs is 1. The van der Waals surface area contributed by atoms with Gasteiger partial charge in [0, 0.05) is 18.3 Å². The quantitative estimate of drug-likeness (QED) is 0.680. The predicted molar refractivity (Wildman–Crippen MR) is 119 cm³/mol. The summed E-state index contributed by atoms with van der Waals surface area (Å²) in [6.45, 7) is 4.41. The number of anilines is 1. The zero-order chi connectivity index (χ0) is 22.1. The lowest BCUT2D eigenvalue weighted by molar-refractivity contribution is -0.155. The van der Waals surface area contributed by atoms with Crippen molar-refractivity contribution in [3.8, 4) is 0 Å². The van der Waals surface area contributed by atoms with Crippen LogP contribution >= 0.6 is 23.2 Å². The van der Waals surface area contributed by atoms with Crippen LogP contribution in [0.1, 0.15) is 44.7 Å². The van der Waals surface area contributed by atoms with E-state index in [1.54, 1.807) is 34.8 Å². The number of nitrogens with zero attached hydrogens (tertiary/aromatic N) is 3. The number of allylic oxidation sites excluding steroid dienone is 1. The van der Waals surface area contributed by atoms with Gasteiger partial charge in [-0.25, -0.2) is 9.48 Å². The van der Waals surface area contributed by atoms with Gasteiger partial charge in [0.15, 0.2) is 0 Å². The van der Waals surface area contributed by atoms with Crippen LogP contribution < -0.4 is 5.32 Å². The molecule has 9 heteroatoms. The fraction of sp³-hybridized carbons (Fsp3) is 0.409. The Morgan fingerprint density at radius 2 is 2.03 bits per heavy atom. The van der Waals surface area contributed by atoms with Gasteiger partial charge in [0.25, 0.3) is 5.91 Å². The van der Waals surface area contributed by atoms with E-state index >= 15 is 0 Å². The molecule has 1 amide bonds. The smallest absolute Gasteiger partial charge is 0.328 e. The number of nitrogens with one attached hydrogen (secondary N) is 1. The van der Waals surface area contributed by atoms with Crippen molar-refractivity contribution in [2.24, 2.45) is 0 Å². The Hall–Kier alpha value is -2.51. The van der Waals surface area contributed by atoms with Gasteiger partial charge in [-0.3, -0.25) is 4.79 Å². The lowest BCUT2D eigenvalue weighted by Crippen LogP contribution is -2.50. The molecule has 2 unspecified atom stereocenters. The van der Waals surface area contributed by atoms with E-state index in [1.165, 1.54) is 0 Å². The van der Waals surface area contributed by atoms with Gasteiger partial charge in [0.2, 0.25) is 0 Å². The van der Waals surface area contributed by atoms with E-state index in [-0.39, 0.29) is 18.5 Å². The molecule has 7 nitrogen and oxygen atoms in total. The molecule has 1 aromatic carbocycles. The van der Waals surface area contributed by atoms with Gasteiger partial charge in [-0.15, -0.1) is 0 Å². The Bertz CT molecular complexity index is 1050. The summed E-state index contributed by atoms with van der Waals surface area (Å²) in [5.41, 5.74) is 2.02. The highest BCUT2D eigenvalue weighted by Crippen LogP contribution is 2.39. The van der Waals surface area contributed by atoms with Crippen molar-refractivity contribution < 1.29 is 14.3 Å². The molecule has 3 heterocycles. The van der Waals surface area contributed by atoms with Crippen molar-refractivity contribution >= 4 is 40.9 Å². The molecule has 2 aliphatic rings. The third-order valence-corrected chi connectivity index (χ3v) is 6.46. The number of carbonyl (C=O) groups excluding carboxylic acids is 2. The predicted octanol–water partition coefficient (Wildman–Crippen LogP) is 4.42. The first kappa shape index (κ1) is 21.7. The first-order chi connectivity index (χ1) is 14.9. The Kier molecular flexibility index (Phi) is 6.25. The van der Waals surface area contributed by atoms with Crippen LogP contribution in [0.2, 0.25) is 10.0 Å². The SMILES string of the molecule is CCOC(=O)C1CCCCN1C(=O)C1=C(C)Nc2ccnn2C1c1ccc(Cl)c(Cl)c1. The number of likely N-dealkylation sites (tertiary alicyclic amines) is 1. The number of hydrogen-bond donors (Lipinski definition) is 1. The van der Waals surface area contributed by atoms with Crippen molar-refractivity contribution in [1.29, 1.82) is 0 Å². The molecule has 0 radical (unpaired) electrons. The van der Waals surface area contributed by atoms with Gasteiger partial charge >= 0.3 is 5.97 Å². The number of aromatic nitrogens is 2. The molecule has 2 atom stereocenters. The topological polar surface area (TPSA) is 76.5 Å². The Balaban J connectivity index is 1.77. The van der Waals surface area contributed by atoms with Crippen LogP contribution in [0.15, 0.2) is 41.7 Å². The fourth-order valence-corrected chi connectivity index (χ4v) is 4.59. The monoisotopic (exact) mass is 462 g/mol. The normalized spacial score (nSPS) is 20.8. The molecule has 0 bridgehead atoms. The van der Waals surface area contributed by atoms with Crippen LogP contribution in [0.5, 0.6) is 0 Å². The number of piperidine rings is 1. The second-order valence-electron chi connectivity index (χ2n) is 7.66. The number of ether oxygens (including phenoxy) is 1. The molecule has 0 spiro atoms. The van der Waals surface area contributed by atoms with E-state index in [2.05, 4.69) is 10.4 Å².